The number of rotatable bonds is 7. The van der Waals surface area contributed by atoms with Crippen LogP contribution in [0.15, 0.2) is 77.5 Å². The molecule has 2 N–H and O–H groups in total. The van der Waals surface area contributed by atoms with Gasteiger partial charge in [-0.1, -0.05) is 55.7 Å². The predicted octanol–water partition coefficient (Wildman–Crippen LogP) is 5.98. The third-order valence-electron chi connectivity index (χ3n) is 7.23. The molecular weight excluding hydrogens is 438 g/mol. The van der Waals surface area contributed by atoms with Gasteiger partial charge < -0.3 is 19.6 Å². The molecule has 0 atom stereocenters. The monoisotopic (exact) mass is 469 g/mol. The summed E-state index contributed by atoms with van der Waals surface area (Å²) in [5.41, 5.74) is 2.77. The van der Waals surface area contributed by atoms with Crippen LogP contribution in [-0.2, 0) is 22.6 Å². The largest absolute Gasteiger partial charge is 0.467 e. The van der Waals surface area contributed by atoms with Crippen molar-refractivity contribution in [3.63, 3.8) is 0 Å². The van der Waals surface area contributed by atoms with Gasteiger partial charge >= 0.3 is 0 Å². The molecule has 1 fully saturated rings. The topological polar surface area (TPSA) is 78.3 Å². The third kappa shape index (κ3) is 4.61. The van der Waals surface area contributed by atoms with Crippen molar-refractivity contribution >= 4 is 28.4 Å². The number of anilines is 1. The summed E-state index contributed by atoms with van der Waals surface area (Å²) in [4.78, 5) is 33.0. The molecular formula is C29H31N3O3. The van der Waals surface area contributed by atoms with Crippen LogP contribution in [0.3, 0.4) is 0 Å². The third-order valence-corrected chi connectivity index (χ3v) is 7.23. The van der Waals surface area contributed by atoms with Crippen molar-refractivity contribution in [3.05, 3.63) is 90.0 Å². The molecule has 2 heterocycles. The molecule has 1 aliphatic carbocycles. The number of aromatic nitrogens is 1. The number of carbonyl (C=O) groups excluding carboxylic acids is 2. The zero-order valence-electron chi connectivity index (χ0n) is 20.0. The number of H-pyrrole nitrogens is 1. The number of hydrogen-bond acceptors (Lipinski definition) is 3. The van der Waals surface area contributed by atoms with Crippen molar-refractivity contribution in [2.75, 3.05) is 5.32 Å². The van der Waals surface area contributed by atoms with E-state index in [0.29, 0.717) is 18.6 Å². The minimum absolute atomic E-state index is 0.0759. The van der Waals surface area contributed by atoms with Crippen LogP contribution in [0.5, 0.6) is 0 Å². The standard InChI is InChI=1S/C29H31N3O3/c1-21-10-3-5-13-25(21)31-28(34)29(15-7-2-8-16-29)32(20-23-11-9-17-35-23)27(33)18-22-19-30-26-14-6-4-12-24(22)26/h3-6,9-14,17,19,30H,2,7-8,15-16,18,20H2,1H3,(H,31,34). The smallest absolute Gasteiger partial charge is 0.250 e. The molecule has 0 spiro atoms. The molecule has 0 saturated heterocycles. The Morgan fingerprint density at radius 3 is 2.54 bits per heavy atom. The number of nitrogens with zero attached hydrogens (tertiary/aromatic N) is 1. The highest BCUT2D eigenvalue weighted by Gasteiger charge is 2.47. The van der Waals surface area contributed by atoms with Gasteiger partial charge in [0.05, 0.1) is 19.2 Å². The Morgan fingerprint density at radius 2 is 1.77 bits per heavy atom. The van der Waals surface area contributed by atoms with E-state index < -0.39 is 5.54 Å². The Balaban J connectivity index is 1.51. The Hall–Kier alpha value is -3.80. The SMILES string of the molecule is Cc1ccccc1NC(=O)C1(N(Cc2ccco2)C(=O)Cc2c[nH]c3ccccc23)CCCCC1. The number of fused-ring (bicyclic) bond motifs is 1. The van der Waals surface area contributed by atoms with Gasteiger partial charge in [-0.3, -0.25) is 9.59 Å². The summed E-state index contributed by atoms with van der Waals surface area (Å²) in [6.45, 7) is 2.24. The first kappa shape index (κ1) is 23.0. The summed E-state index contributed by atoms with van der Waals surface area (Å²) in [5, 5.41) is 4.18. The Morgan fingerprint density at radius 1 is 1.00 bits per heavy atom. The summed E-state index contributed by atoms with van der Waals surface area (Å²) < 4.78 is 5.64. The van der Waals surface area contributed by atoms with Gasteiger partial charge in [-0.05, 0) is 55.2 Å². The van der Waals surface area contributed by atoms with Crippen molar-refractivity contribution in [2.24, 2.45) is 0 Å². The molecule has 1 aliphatic rings. The van der Waals surface area contributed by atoms with Gasteiger partial charge in [0.25, 0.3) is 0 Å². The average molecular weight is 470 g/mol. The van der Waals surface area contributed by atoms with E-state index in [-0.39, 0.29) is 24.8 Å². The molecule has 0 bridgehead atoms. The number of para-hydroxylation sites is 2. The molecule has 1 saturated carbocycles. The summed E-state index contributed by atoms with van der Waals surface area (Å²) >= 11 is 0. The fraction of sp³-hybridized carbons (Fsp3) is 0.310. The summed E-state index contributed by atoms with van der Waals surface area (Å²) in [6, 6.07) is 19.4. The molecule has 2 aromatic carbocycles. The van der Waals surface area contributed by atoms with Crippen molar-refractivity contribution in [3.8, 4) is 0 Å². The molecule has 2 aromatic heterocycles. The van der Waals surface area contributed by atoms with Gasteiger partial charge in [-0.2, -0.15) is 0 Å². The molecule has 35 heavy (non-hydrogen) atoms. The van der Waals surface area contributed by atoms with E-state index in [9.17, 15) is 9.59 Å². The molecule has 6 heteroatoms. The van der Waals surface area contributed by atoms with Gasteiger partial charge in [0.2, 0.25) is 11.8 Å². The van der Waals surface area contributed by atoms with Crippen LogP contribution in [-0.4, -0.2) is 27.2 Å². The Bertz CT molecular complexity index is 1320. The fourth-order valence-electron chi connectivity index (χ4n) is 5.28. The van der Waals surface area contributed by atoms with E-state index in [1.54, 1.807) is 11.2 Å². The molecule has 180 valence electrons. The van der Waals surface area contributed by atoms with E-state index in [1.165, 1.54) is 0 Å². The number of nitrogens with one attached hydrogen (secondary N) is 2. The van der Waals surface area contributed by atoms with Gasteiger partial charge in [-0.25, -0.2) is 0 Å². The van der Waals surface area contributed by atoms with Crippen LogP contribution in [0.1, 0.15) is 49.0 Å². The Labute approximate surface area is 205 Å². The Kier molecular flexibility index (Phi) is 6.45. The van der Waals surface area contributed by atoms with Crippen molar-refractivity contribution < 1.29 is 14.0 Å². The zero-order chi connectivity index (χ0) is 24.3. The van der Waals surface area contributed by atoms with E-state index >= 15 is 0 Å². The van der Waals surface area contributed by atoms with Crippen LogP contribution in [0.25, 0.3) is 10.9 Å². The minimum atomic E-state index is -0.934. The molecule has 6 nitrogen and oxygen atoms in total. The average Bonchev–Trinajstić information content (AvgIpc) is 3.54. The fourth-order valence-corrected chi connectivity index (χ4v) is 5.28. The van der Waals surface area contributed by atoms with Gasteiger partial charge in [0.15, 0.2) is 0 Å². The second-order valence-corrected chi connectivity index (χ2v) is 9.46. The molecule has 0 unspecified atom stereocenters. The lowest BCUT2D eigenvalue weighted by Crippen LogP contribution is -2.60. The van der Waals surface area contributed by atoms with Gasteiger partial charge in [0, 0.05) is 22.8 Å². The number of hydrogen-bond donors (Lipinski definition) is 2. The maximum absolute atomic E-state index is 14.0. The quantitative estimate of drug-likeness (QED) is 0.349. The number of carbonyl (C=O) groups is 2. The van der Waals surface area contributed by atoms with Crippen LogP contribution >= 0.6 is 0 Å². The summed E-state index contributed by atoms with van der Waals surface area (Å²) in [5.74, 6) is 0.476. The predicted molar refractivity (Wildman–Crippen MR) is 137 cm³/mol. The zero-order valence-corrected chi connectivity index (χ0v) is 20.0. The maximum atomic E-state index is 14.0. The lowest BCUT2D eigenvalue weighted by atomic mass is 9.78. The lowest BCUT2D eigenvalue weighted by molar-refractivity contribution is -0.148. The van der Waals surface area contributed by atoms with E-state index in [0.717, 1.165) is 47.0 Å². The molecule has 4 aromatic rings. The normalized spacial score (nSPS) is 15.1. The summed E-state index contributed by atoms with van der Waals surface area (Å²) in [7, 11) is 0. The second kappa shape index (κ2) is 9.82. The highest BCUT2D eigenvalue weighted by molar-refractivity contribution is 6.01. The van der Waals surface area contributed by atoms with Gasteiger partial charge in [-0.15, -0.1) is 0 Å². The van der Waals surface area contributed by atoms with E-state index in [4.69, 9.17) is 4.42 Å². The van der Waals surface area contributed by atoms with Crippen molar-refractivity contribution in [1.29, 1.82) is 0 Å². The van der Waals surface area contributed by atoms with E-state index in [1.807, 2.05) is 73.8 Å². The summed E-state index contributed by atoms with van der Waals surface area (Å²) in [6.07, 6.45) is 7.84. The van der Waals surface area contributed by atoms with Crippen LogP contribution in [0.4, 0.5) is 5.69 Å². The highest BCUT2D eigenvalue weighted by Crippen LogP contribution is 2.37. The number of aromatic amines is 1. The first-order valence-corrected chi connectivity index (χ1v) is 12.3. The highest BCUT2D eigenvalue weighted by atomic mass is 16.3. The second-order valence-electron chi connectivity index (χ2n) is 9.46. The number of furan rings is 1. The maximum Gasteiger partial charge on any atom is 0.250 e. The van der Waals surface area contributed by atoms with E-state index in [2.05, 4.69) is 10.3 Å². The van der Waals surface area contributed by atoms with Crippen LogP contribution < -0.4 is 5.32 Å². The minimum Gasteiger partial charge on any atom is -0.467 e. The molecule has 2 amide bonds. The van der Waals surface area contributed by atoms with Crippen molar-refractivity contribution in [2.45, 2.75) is 57.5 Å². The van der Waals surface area contributed by atoms with Crippen LogP contribution in [0, 0.1) is 6.92 Å². The number of benzene rings is 2. The molecule has 0 radical (unpaired) electrons. The number of amides is 2. The molecule has 5 rings (SSSR count). The first-order chi connectivity index (χ1) is 17.1. The number of aryl methyl sites for hydroxylation is 1. The van der Waals surface area contributed by atoms with Crippen molar-refractivity contribution in [1.82, 2.24) is 9.88 Å². The van der Waals surface area contributed by atoms with Gasteiger partial charge in [0.1, 0.15) is 11.3 Å². The lowest BCUT2D eigenvalue weighted by Gasteiger charge is -2.45. The van der Waals surface area contributed by atoms with Crippen LogP contribution in [0.2, 0.25) is 0 Å². The molecule has 0 aliphatic heterocycles. The first-order valence-electron chi connectivity index (χ1n) is 12.3.